The summed E-state index contributed by atoms with van der Waals surface area (Å²) in [6.45, 7) is 15.4. The van der Waals surface area contributed by atoms with Crippen molar-refractivity contribution in [3.63, 3.8) is 0 Å². The number of likely N-dealkylation sites (tertiary alicyclic amines) is 1. The maximum absolute atomic E-state index is 13.5. The van der Waals surface area contributed by atoms with Crippen LogP contribution in [0.2, 0.25) is 0 Å². The molecule has 0 bridgehead atoms. The van der Waals surface area contributed by atoms with Gasteiger partial charge in [0, 0.05) is 17.9 Å². The van der Waals surface area contributed by atoms with E-state index in [2.05, 4.69) is 60.3 Å². The second-order valence-corrected chi connectivity index (χ2v) is 26.1. The molecule has 68 heavy (non-hydrogen) atoms. The van der Waals surface area contributed by atoms with Gasteiger partial charge in [0.25, 0.3) is 6.47 Å². The minimum atomic E-state index is -0.423. The summed E-state index contributed by atoms with van der Waals surface area (Å²) >= 11 is 3.42. The van der Waals surface area contributed by atoms with E-state index in [1.54, 1.807) is 0 Å². The number of ketones is 2. The third-order valence-electron chi connectivity index (χ3n) is 21.6. The maximum Gasteiger partial charge on any atom is 1.00 e. The first kappa shape index (κ1) is 62.9. The van der Waals surface area contributed by atoms with Gasteiger partial charge in [0.15, 0.2) is 0 Å². The van der Waals surface area contributed by atoms with Gasteiger partial charge in [-0.2, -0.15) is 0 Å². The molecule has 10 aliphatic rings. The molecular formula is C57H98BrK2NO7. The van der Waals surface area contributed by atoms with Crippen LogP contribution >= 0.6 is 15.9 Å². The molecule has 10 rings (SSSR count). The van der Waals surface area contributed by atoms with Crippen molar-refractivity contribution >= 4 is 34.0 Å². The van der Waals surface area contributed by atoms with Gasteiger partial charge in [0.2, 0.25) is 0 Å². The van der Waals surface area contributed by atoms with Crippen LogP contribution in [0, 0.1) is 87.8 Å². The second-order valence-electron chi connectivity index (χ2n) is 25.5. The minimum absolute atomic E-state index is 0. The molecule has 0 unspecified atom stereocenters. The van der Waals surface area contributed by atoms with E-state index in [1.165, 1.54) is 128 Å². The smallest absolute Gasteiger partial charge is 1.00 e. The summed E-state index contributed by atoms with van der Waals surface area (Å²) in [5.74, 6) is 10.8. The molecule has 1 aliphatic heterocycles. The molecule has 0 spiro atoms. The molecule has 9 saturated carbocycles. The van der Waals surface area contributed by atoms with Crippen LogP contribution < -0.4 is 108 Å². The zero-order valence-electron chi connectivity index (χ0n) is 44.9. The fraction of sp³-hybridized carbons (Fsp3) is 0.947. The van der Waals surface area contributed by atoms with E-state index in [4.69, 9.17) is 10.1 Å². The van der Waals surface area contributed by atoms with Crippen molar-refractivity contribution in [1.82, 2.24) is 4.90 Å². The number of rotatable bonds is 6. The van der Waals surface area contributed by atoms with E-state index in [-0.39, 0.29) is 129 Å². The third-order valence-corrected chi connectivity index (χ3v) is 22.2. The fourth-order valence-corrected chi connectivity index (χ4v) is 18.7. The molecule has 0 amide bonds. The first-order valence-electron chi connectivity index (χ1n) is 27.5. The largest absolute Gasteiger partial charge is 1.00 e. The van der Waals surface area contributed by atoms with Gasteiger partial charge in [0.1, 0.15) is 11.6 Å². The van der Waals surface area contributed by atoms with Gasteiger partial charge < -0.3 is 21.8 Å². The number of carbonyl (C=O) groups excluding carboxylic acids is 3. The Morgan fingerprint density at radius 1 is 0.618 bits per heavy atom. The second kappa shape index (κ2) is 27.6. The van der Waals surface area contributed by atoms with Crippen LogP contribution in [0.4, 0.5) is 0 Å². The van der Waals surface area contributed by atoms with Gasteiger partial charge in [0.05, 0.1) is 23.1 Å². The summed E-state index contributed by atoms with van der Waals surface area (Å²) in [5.41, 5.74) is -0.325. The third kappa shape index (κ3) is 14.5. The first-order chi connectivity index (χ1) is 30.9. The monoisotopic (exact) mass is 1070 g/mol. The molecular weight excluding hydrogens is 969 g/mol. The molecule has 17 atom stereocenters. The molecule has 382 valence electrons. The predicted octanol–water partition coefficient (Wildman–Crippen LogP) is 6.20. The van der Waals surface area contributed by atoms with E-state index in [1.807, 2.05) is 6.92 Å². The van der Waals surface area contributed by atoms with Crippen LogP contribution in [0.1, 0.15) is 217 Å². The average molecular weight is 1070 g/mol. The molecule has 10 fully saturated rings. The Labute approximate surface area is 510 Å². The molecule has 1 saturated heterocycles. The van der Waals surface area contributed by atoms with E-state index < -0.39 is 11.2 Å². The number of Topliss-reactive ketones (excluding diaryl/α,β-unsaturated/α-hetero) is 2. The minimum Gasteiger partial charge on any atom is -1.00 e. The summed E-state index contributed by atoms with van der Waals surface area (Å²) < 4.78 is 0. The number of hydrogen-bond acceptors (Lipinski definition) is 8. The Kier molecular flexibility index (Phi) is 25.6. The van der Waals surface area contributed by atoms with Crippen molar-refractivity contribution in [2.24, 2.45) is 87.8 Å². The zero-order chi connectivity index (χ0) is 46.7. The number of aliphatic hydroxyl groups is 2. The molecule has 0 aromatic heterocycles. The Balaban J connectivity index is 0.000000289. The summed E-state index contributed by atoms with van der Waals surface area (Å²) in [5, 5.41) is 30.1. The Morgan fingerprint density at radius 2 is 1.06 bits per heavy atom. The van der Waals surface area contributed by atoms with Crippen molar-refractivity contribution in [1.29, 1.82) is 0 Å². The van der Waals surface area contributed by atoms with Crippen molar-refractivity contribution in [2.75, 3.05) is 18.4 Å². The zero-order valence-corrected chi connectivity index (χ0v) is 51.8. The molecule has 9 aliphatic carbocycles. The first-order valence-corrected chi connectivity index (χ1v) is 28.6. The normalized spacial score (nSPS) is 44.7. The average Bonchev–Trinajstić information content (AvgIpc) is 3.83. The number of carbonyl (C=O) groups is 3. The predicted molar refractivity (Wildman–Crippen MR) is 268 cm³/mol. The van der Waals surface area contributed by atoms with E-state index in [0.717, 1.165) is 110 Å². The summed E-state index contributed by atoms with van der Waals surface area (Å²) in [4.78, 5) is 39.7. The van der Waals surface area contributed by atoms with Crippen LogP contribution in [0.5, 0.6) is 0 Å². The maximum atomic E-state index is 13.5. The van der Waals surface area contributed by atoms with Crippen molar-refractivity contribution < 1.29 is 139 Å². The molecule has 8 nitrogen and oxygen atoms in total. The van der Waals surface area contributed by atoms with E-state index >= 15 is 0 Å². The van der Waals surface area contributed by atoms with Crippen LogP contribution in [0.3, 0.4) is 0 Å². The van der Waals surface area contributed by atoms with E-state index in [0.29, 0.717) is 41.3 Å². The quantitative estimate of drug-likeness (QED) is 0.106. The summed E-state index contributed by atoms with van der Waals surface area (Å²) in [6, 6.07) is 0.585. The fourth-order valence-electron chi connectivity index (χ4n) is 18.3. The molecule has 2 N–H and O–H groups in total. The standard InChI is InChI=1S/C27H45NO2.C21H33BrO2.C7H14.CH2O3.CH4.2K.H/c1-18-6-4-5-15-28(18)17-25(29)24-10-9-23-22-8-7-19-16-26(2,30)13-11-20(19)21(22)12-14-27(23,24)3;1-20(24)9-7-14-13(11-20)3-4-16-15(14)8-10-21(2)17(16)5-6-18(21)19(23)12-22;1-7-5-3-2-4-6-7;2-1-4-3;;;;/h18-24,30H,4-17H2,1-3H3;13-18,24H,3-12H2,1-2H3;7H,2-6H2,1H3;1,3H;1H4;;;/q;;;;;2*+1;-1/p-1/t18-,19-,20+,21-,22-,23+,24-,26-,27+;13-,14+,15-,16-,17+,18-,20-,21+;;;;;;/m11....../s1. The number of piperidine rings is 1. The van der Waals surface area contributed by atoms with Gasteiger partial charge in [-0.25, -0.2) is 0 Å². The van der Waals surface area contributed by atoms with Gasteiger partial charge >= 0.3 is 103 Å². The number of hydrogen-bond donors (Lipinski definition) is 2. The number of halogens is 1. The SMILES string of the molecule is C.CC1CCCCC1.C[C@@H]1CCCCN1CC(=O)[C@H]1CC[C@H]2[C@@H]3CC[C@@H]4C[C@](C)(O)CC[C@@H]4[C@H]3CC[C@]12C.C[C@@]1(O)CC[C@H]2[C@H](CC[C@@H]3[C@@H]2CC[C@]2(C)[C@@H](C(=O)CBr)CC[C@@H]32)C1.O=CO[O-].[H-].[K+].[K+]. The van der Waals surface area contributed by atoms with Crippen LogP contribution in [-0.4, -0.2) is 68.8 Å². The van der Waals surface area contributed by atoms with Crippen LogP contribution in [0.25, 0.3) is 0 Å². The van der Waals surface area contributed by atoms with Crippen molar-refractivity contribution in [2.45, 2.75) is 233 Å². The molecule has 0 aromatic carbocycles. The van der Waals surface area contributed by atoms with Gasteiger partial charge in [-0.15, -0.1) is 0 Å². The summed E-state index contributed by atoms with van der Waals surface area (Å²) in [7, 11) is 0. The Morgan fingerprint density at radius 3 is 1.47 bits per heavy atom. The Hall–Kier alpha value is 2.40. The number of alkyl halides is 1. The van der Waals surface area contributed by atoms with Crippen molar-refractivity contribution in [3.05, 3.63) is 0 Å². The number of fused-ring (bicyclic) bond motifs is 10. The van der Waals surface area contributed by atoms with Gasteiger partial charge in [-0.3, -0.25) is 19.3 Å². The molecule has 0 radical (unpaired) electrons. The van der Waals surface area contributed by atoms with Gasteiger partial charge in [-0.05, 0) is 232 Å². The van der Waals surface area contributed by atoms with E-state index in [9.17, 15) is 19.8 Å². The Bertz CT molecular complexity index is 1600. The molecule has 0 aromatic rings. The molecule has 11 heteroatoms. The van der Waals surface area contributed by atoms with Crippen LogP contribution in [0.15, 0.2) is 0 Å². The van der Waals surface area contributed by atoms with Crippen LogP contribution in [-0.2, 0) is 19.3 Å². The summed E-state index contributed by atoms with van der Waals surface area (Å²) in [6.07, 6.45) is 33.1. The van der Waals surface area contributed by atoms with Gasteiger partial charge in [-0.1, -0.05) is 82.7 Å². The molecule has 1 heterocycles. The van der Waals surface area contributed by atoms with Crippen molar-refractivity contribution in [3.8, 4) is 0 Å². The topological polar surface area (TPSA) is 127 Å². The number of nitrogens with zero attached hydrogens (tertiary/aromatic N) is 1.